The first-order valence-electron chi connectivity index (χ1n) is 10.7. The van der Waals surface area contributed by atoms with Gasteiger partial charge in [-0.25, -0.2) is 14.6 Å². The number of ether oxygens (including phenoxy) is 1. The lowest BCUT2D eigenvalue weighted by Gasteiger charge is -2.14. The molecule has 32 heavy (non-hydrogen) atoms. The Morgan fingerprint density at radius 3 is 2.56 bits per heavy atom. The van der Waals surface area contributed by atoms with Gasteiger partial charge >= 0.3 is 0 Å². The summed E-state index contributed by atoms with van der Waals surface area (Å²) in [5.41, 5.74) is 4.84. The van der Waals surface area contributed by atoms with Crippen molar-refractivity contribution in [1.29, 1.82) is 0 Å². The summed E-state index contributed by atoms with van der Waals surface area (Å²) < 4.78 is 9.63. The number of benzene rings is 1. The van der Waals surface area contributed by atoms with Crippen molar-refractivity contribution in [1.82, 2.24) is 24.3 Å². The fourth-order valence-electron chi connectivity index (χ4n) is 3.42. The molecule has 0 aliphatic heterocycles. The molecule has 0 bridgehead atoms. The molecule has 4 aromatic rings. The largest absolute Gasteiger partial charge is 0.495 e. The second kappa shape index (κ2) is 8.43. The molecular formula is C24H30N6OS. The van der Waals surface area contributed by atoms with Crippen LogP contribution < -0.4 is 10.1 Å². The summed E-state index contributed by atoms with van der Waals surface area (Å²) in [4.78, 5) is 9.13. The smallest absolute Gasteiger partial charge is 0.188 e. The molecule has 0 fully saturated rings. The summed E-state index contributed by atoms with van der Waals surface area (Å²) in [5.74, 6) is 1.73. The number of aromatic nitrogens is 5. The van der Waals surface area contributed by atoms with Crippen molar-refractivity contribution in [3.8, 4) is 22.7 Å². The van der Waals surface area contributed by atoms with E-state index in [0.717, 1.165) is 45.0 Å². The third kappa shape index (κ3) is 4.41. The van der Waals surface area contributed by atoms with E-state index in [1.807, 2.05) is 34.5 Å². The minimum atomic E-state index is -0.0172. The van der Waals surface area contributed by atoms with Crippen LogP contribution in [0.5, 0.6) is 5.75 Å². The van der Waals surface area contributed by atoms with Gasteiger partial charge in [-0.2, -0.15) is 5.10 Å². The summed E-state index contributed by atoms with van der Waals surface area (Å²) in [6.07, 6.45) is 3.77. The maximum Gasteiger partial charge on any atom is 0.188 e. The normalized spacial score (nSPS) is 11.9. The van der Waals surface area contributed by atoms with E-state index in [2.05, 4.69) is 62.4 Å². The van der Waals surface area contributed by atoms with Crippen LogP contribution >= 0.6 is 11.3 Å². The van der Waals surface area contributed by atoms with E-state index in [9.17, 15) is 0 Å². The average molecular weight is 451 g/mol. The molecule has 4 rings (SSSR count). The van der Waals surface area contributed by atoms with E-state index in [4.69, 9.17) is 14.8 Å². The molecule has 7 nitrogen and oxygen atoms in total. The van der Waals surface area contributed by atoms with Crippen LogP contribution in [0, 0.1) is 6.92 Å². The number of rotatable bonds is 6. The van der Waals surface area contributed by atoms with Gasteiger partial charge < -0.3 is 14.6 Å². The molecule has 0 atom stereocenters. The fourth-order valence-corrected chi connectivity index (χ4v) is 4.15. The Morgan fingerprint density at radius 2 is 1.94 bits per heavy atom. The highest BCUT2D eigenvalue weighted by atomic mass is 32.1. The molecule has 0 amide bonds. The van der Waals surface area contributed by atoms with Crippen molar-refractivity contribution in [3.05, 3.63) is 53.6 Å². The topological polar surface area (TPSA) is 69.8 Å². The van der Waals surface area contributed by atoms with Gasteiger partial charge in [0.1, 0.15) is 11.6 Å². The van der Waals surface area contributed by atoms with Crippen molar-refractivity contribution in [3.63, 3.8) is 0 Å². The van der Waals surface area contributed by atoms with E-state index in [0.29, 0.717) is 0 Å². The molecule has 0 unspecified atom stereocenters. The number of hydrogen-bond acceptors (Lipinski definition) is 6. The van der Waals surface area contributed by atoms with Gasteiger partial charge in [0.15, 0.2) is 5.13 Å². The summed E-state index contributed by atoms with van der Waals surface area (Å²) in [5, 5.41) is 11.2. The Balaban J connectivity index is 1.62. The third-order valence-corrected chi connectivity index (χ3v) is 5.96. The van der Waals surface area contributed by atoms with E-state index in [1.165, 1.54) is 0 Å². The lowest BCUT2D eigenvalue weighted by atomic mass is 9.92. The van der Waals surface area contributed by atoms with Gasteiger partial charge in [-0.15, -0.1) is 11.3 Å². The molecule has 3 aromatic heterocycles. The molecule has 168 valence electrons. The number of nitrogens with zero attached hydrogens (tertiary/aromatic N) is 5. The molecule has 0 saturated carbocycles. The molecule has 0 saturated heterocycles. The predicted molar refractivity (Wildman–Crippen MR) is 131 cm³/mol. The molecule has 3 heterocycles. The van der Waals surface area contributed by atoms with Crippen LogP contribution in [0.4, 0.5) is 10.9 Å². The van der Waals surface area contributed by atoms with Gasteiger partial charge in [-0.05, 0) is 32.9 Å². The van der Waals surface area contributed by atoms with Crippen LogP contribution in [0.3, 0.4) is 0 Å². The molecular weight excluding hydrogens is 420 g/mol. The molecule has 0 aliphatic carbocycles. The van der Waals surface area contributed by atoms with E-state index in [-0.39, 0.29) is 11.5 Å². The maximum atomic E-state index is 5.65. The zero-order valence-corrected chi connectivity index (χ0v) is 20.5. The molecule has 1 N–H and O–H groups in total. The standard InChI is InChI=1S/C24H30N6OS/c1-15(2)30-22(11-21(28-30)24(4,5)6)27-23-26-18(13-32-23)17-8-9-19(20(10-17)31-7)29-12-16(3)25-14-29/h8-15H,1-7H3,(H,26,27). The van der Waals surface area contributed by atoms with E-state index >= 15 is 0 Å². The second-order valence-electron chi connectivity index (χ2n) is 9.17. The van der Waals surface area contributed by atoms with E-state index < -0.39 is 0 Å². The van der Waals surface area contributed by atoms with Gasteiger partial charge in [0.05, 0.1) is 36.2 Å². The lowest BCUT2D eigenvalue weighted by molar-refractivity contribution is 0.413. The zero-order chi connectivity index (χ0) is 23.0. The molecule has 1 aromatic carbocycles. The number of methoxy groups -OCH3 is 1. The Hall–Kier alpha value is -3.13. The third-order valence-electron chi connectivity index (χ3n) is 5.20. The van der Waals surface area contributed by atoms with Crippen LogP contribution in [0.2, 0.25) is 0 Å². The molecule has 8 heteroatoms. The summed E-state index contributed by atoms with van der Waals surface area (Å²) in [6, 6.07) is 8.47. The minimum Gasteiger partial charge on any atom is -0.495 e. The SMILES string of the molecule is COc1cc(-c2csc(Nc3cc(C(C)(C)C)nn3C(C)C)n2)ccc1-n1cnc(C)c1. The van der Waals surface area contributed by atoms with Gasteiger partial charge in [-0.1, -0.05) is 26.8 Å². The van der Waals surface area contributed by atoms with Crippen LogP contribution in [0.25, 0.3) is 16.9 Å². The van der Waals surface area contributed by atoms with Gasteiger partial charge in [0.2, 0.25) is 0 Å². The van der Waals surface area contributed by atoms with Gasteiger partial charge in [0.25, 0.3) is 0 Å². The number of thiazole rings is 1. The van der Waals surface area contributed by atoms with Gasteiger partial charge in [-0.3, -0.25) is 0 Å². The number of nitrogens with one attached hydrogen (secondary N) is 1. The maximum absolute atomic E-state index is 5.65. The lowest BCUT2D eigenvalue weighted by Crippen LogP contribution is -2.13. The zero-order valence-electron chi connectivity index (χ0n) is 19.7. The first-order chi connectivity index (χ1) is 15.2. The molecule has 0 aliphatic rings. The van der Waals surface area contributed by atoms with Crippen LogP contribution in [-0.4, -0.2) is 31.4 Å². The quantitative estimate of drug-likeness (QED) is 0.382. The summed E-state index contributed by atoms with van der Waals surface area (Å²) >= 11 is 1.57. The van der Waals surface area contributed by atoms with E-state index in [1.54, 1.807) is 24.8 Å². The fraction of sp³-hybridized carbons (Fsp3) is 0.375. The van der Waals surface area contributed by atoms with Crippen molar-refractivity contribution in [2.75, 3.05) is 12.4 Å². The highest BCUT2D eigenvalue weighted by molar-refractivity contribution is 7.14. The average Bonchev–Trinajstić information content (AvgIpc) is 3.47. The Kier molecular flexibility index (Phi) is 5.81. The highest BCUT2D eigenvalue weighted by Gasteiger charge is 2.21. The van der Waals surface area contributed by atoms with Crippen molar-refractivity contribution >= 4 is 22.3 Å². The number of aryl methyl sites for hydroxylation is 1. The summed E-state index contributed by atoms with van der Waals surface area (Å²) in [7, 11) is 1.68. The van der Waals surface area contributed by atoms with Crippen molar-refractivity contribution < 1.29 is 4.74 Å². The van der Waals surface area contributed by atoms with Crippen molar-refractivity contribution in [2.45, 2.75) is 53.0 Å². The minimum absolute atomic E-state index is 0.0172. The monoisotopic (exact) mass is 450 g/mol. The van der Waals surface area contributed by atoms with Crippen LogP contribution in [0.15, 0.2) is 42.2 Å². The van der Waals surface area contributed by atoms with Gasteiger partial charge in [0, 0.05) is 34.7 Å². The Labute approximate surface area is 193 Å². The molecule has 0 radical (unpaired) electrons. The summed E-state index contributed by atoms with van der Waals surface area (Å²) in [6.45, 7) is 12.8. The first kappa shape index (κ1) is 22.1. The van der Waals surface area contributed by atoms with Crippen molar-refractivity contribution in [2.24, 2.45) is 0 Å². The predicted octanol–water partition coefficient (Wildman–Crippen LogP) is 6.13. The number of imidazole rings is 1. The first-order valence-corrected chi connectivity index (χ1v) is 11.6. The second-order valence-corrected chi connectivity index (χ2v) is 10.0. The van der Waals surface area contributed by atoms with Crippen LogP contribution in [0.1, 0.15) is 52.0 Å². The number of hydrogen-bond donors (Lipinski definition) is 1. The molecule has 0 spiro atoms. The van der Waals surface area contributed by atoms with Crippen LogP contribution in [-0.2, 0) is 5.41 Å². The Bertz CT molecular complexity index is 1230. The highest BCUT2D eigenvalue weighted by Crippen LogP contribution is 2.33. The Morgan fingerprint density at radius 1 is 1.16 bits per heavy atom. The number of anilines is 2.